The van der Waals surface area contributed by atoms with E-state index in [0.717, 1.165) is 0 Å². The van der Waals surface area contributed by atoms with Crippen LogP contribution in [0.25, 0.3) is 0 Å². The zero-order valence-corrected chi connectivity index (χ0v) is 14.3. The van der Waals surface area contributed by atoms with Crippen LogP contribution in [0.5, 0.6) is 0 Å². The van der Waals surface area contributed by atoms with Gasteiger partial charge in [0, 0.05) is 13.0 Å². The van der Waals surface area contributed by atoms with Gasteiger partial charge in [-0.05, 0) is 18.1 Å². The van der Waals surface area contributed by atoms with Gasteiger partial charge in [0.2, 0.25) is 0 Å². The van der Waals surface area contributed by atoms with Crippen LogP contribution in [-0.4, -0.2) is 43.6 Å². The molecule has 0 rings (SSSR count). The molecule has 5 heteroatoms. The van der Waals surface area contributed by atoms with E-state index in [1.165, 1.54) is 4.90 Å². The molecule has 0 aliphatic carbocycles. The second kappa shape index (κ2) is 7.51. The van der Waals surface area contributed by atoms with Crippen molar-refractivity contribution < 1.29 is 14.3 Å². The number of hydrogen-bond donors (Lipinski definition) is 1. The van der Waals surface area contributed by atoms with Crippen molar-refractivity contribution in [1.82, 2.24) is 4.90 Å². The van der Waals surface area contributed by atoms with Crippen molar-refractivity contribution in [2.24, 2.45) is 0 Å². The monoisotopic (exact) mass is 297 g/mol. The largest absolute Gasteiger partial charge is 0.465 e. The molecule has 114 valence electrons. The first-order chi connectivity index (χ1) is 9.05. The van der Waals surface area contributed by atoms with Gasteiger partial charge in [-0.3, -0.25) is 0 Å². The smallest absolute Gasteiger partial charge is 0.407 e. The summed E-state index contributed by atoms with van der Waals surface area (Å²) in [6.45, 7) is 14.8. The molecule has 1 atom stereocenters. The summed E-state index contributed by atoms with van der Waals surface area (Å²) in [4.78, 5) is 12.5. The van der Waals surface area contributed by atoms with Crippen molar-refractivity contribution in [2.45, 2.75) is 51.4 Å². The zero-order chi connectivity index (χ0) is 16.0. The molecular formula is C15H27NO3Si. The topological polar surface area (TPSA) is 49.8 Å². The molecule has 0 saturated carbocycles. The summed E-state index contributed by atoms with van der Waals surface area (Å²) < 4.78 is 6.23. The Morgan fingerprint density at radius 1 is 1.55 bits per heavy atom. The molecule has 4 nitrogen and oxygen atoms in total. The Morgan fingerprint density at radius 3 is 2.45 bits per heavy atom. The molecule has 0 aromatic carbocycles. The highest BCUT2D eigenvalue weighted by Gasteiger charge is 2.39. The van der Waals surface area contributed by atoms with Gasteiger partial charge < -0.3 is 14.4 Å². The molecule has 0 heterocycles. The third-order valence-electron chi connectivity index (χ3n) is 3.66. The van der Waals surface area contributed by atoms with Crippen molar-refractivity contribution >= 4 is 14.4 Å². The highest BCUT2D eigenvalue weighted by molar-refractivity contribution is 6.74. The lowest BCUT2D eigenvalue weighted by atomic mass is 10.2. The van der Waals surface area contributed by atoms with Crippen LogP contribution < -0.4 is 0 Å². The summed E-state index contributed by atoms with van der Waals surface area (Å²) in [5.41, 5.74) is 0. The quantitative estimate of drug-likeness (QED) is 0.444. The number of carboxylic acid groups (broad SMARTS) is 1. The minimum atomic E-state index is -1.97. The van der Waals surface area contributed by atoms with E-state index in [4.69, 9.17) is 16.0 Å². The maximum absolute atomic E-state index is 11.2. The molecule has 0 bridgehead atoms. The Balaban J connectivity index is 4.94. The molecule has 0 aromatic rings. The lowest BCUT2D eigenvalue weighted by Crippen LogP contribution is -2.47. The van der Waals surface area contributed by atoms with Gasteiger partial charge in [0.15, 0.2) is 8.32 Å². The maximum Gasteiger partial charge on any atom is 0.407 e. The molecule has 1 unspecified atom stereocenters. The average Bonchev–Trinajstić information content (AvgIpc) is 2.26. The molecule has 1 N–H and O–H groups in total. The first kappa shape index (κ1) is 18.7. The van der Waals surface area contributed by atoms with Crippen LogP contribution in [-0.2, 0) is 4.43 Å². The zero-order valence-electron chi connectivity index (χ0n) is 13.3. The van der Waals surface area contributed by atoms with Crippen molar-refractivity contribution in [3.05, 3.63) is 12.7 Å². The Morgan fingerprint density at radius 2 is 2.10 bits per heavy atom. The van der Waals surface area contributed by atoms with E-state index in [9.17, 15) is 4.79 Å². The van der Waals surface area contributed by atoms with Crippen LogP contribution >= 0.6 is 0 Å². The van der Waals surface area contributed by atoms with E-state index < -0.39 is 14.4 Å². The first-order valence-electron chi connectivity index (χ1n) is 6.75. The second-order valence-electron chi connectivity index (χ2n) is 6.38. The summed E-state index contributed by atoms with van der Waals surface area (Å²) in [5.74, 6) is 2.58. The van der Waals surface area contributed by atoms with Crippen LogP contribution in [0.4, 0.5) is 4.79 Å². The molecule has 0 spiro atoms. The summed E-state index contributed by atoms with van der Waals surface area (Å²) >= 11 is 0. The van der Waals surface area contributed by atoms with E-state index in [2.05, 4.69) is 46.4 Å². The summed E-state index contributed by atoms with van der Waals surface area (Å²) in [5, 5.41) is 9.22. The second-order valence-corrected chi connectivity index (χ2v) is 11.1. The Hall–Kier alpha value is -1.25. The fraction of sp³-hybridized carbons (Fsp3) is 0.667. The normalized spacial score (nSPS) is 13.4. The lowest BCUT2D eigenvalue weighted by Gasteiger charge is -2.39. The number of rotatable bonds is 7. The highest BCUT2D eigenvalue weighted by Crippen LogP contribution is 2.37. The minimum absolute atomic E-state index is 0.0618. The average molecular weight is 297 g/mol. The predicted molar refractivity (Wildman–Crippen MR) is 85.3 cm³/mol. The molecule has 0 aliphatic rings. The van der Waals surface area contributed by atoms with Gasteiger partial charge in [0.25, 0.3) is 0 Å². The van der Waals surface area contributed by atoms with E-state index in [1.807, 2.05) is 0 Å². The fourth-order valence-corrected chi connectivity index (χ4v) is 2.85. The van der Waals surface area contributed by atoms with E-state index in [-0.39, 0.29) is 24.2 Å². The van der Waals surface area contributed by atoms with Crippen LogP contribution in [0.1, 0.15) is 27.2 Å². The van der Waals surface area contributed by atoms with Gasteiger partial charge in [-0.2, -0.15) is 0 Å². The van der Waals surface area contributed by atoms with Crippen molar-refractivity contribution in [1.29, 1.82) is 0 Å². The van der Waals surface area contributed by atoms with Gasteiger partial charge in [0.05, 0.1) is 12.6 Å². The molecule has 0 aromatic heterocycles. The van der Waals surface area contributed by atoms with Crippen LogP contribution in [0.3, 0.4) is 0 Å². The summed E-state index contributed by atoms with van der Waals surface area (Å²) in [7, 11) is -1.97. The highest BCUT2D eigenvalue weighted by atomic mass is 28.4. The van der Waals surface area contributed by atoms with Crippen molar-refractivity contribution in [2.75, 3.05) is 13.1 Å². The lowest BCUT2D eigenvalue weighted by molar-refractivity contribution is 0.108. The fourth-order valence-electron chi connectivity index (χ4n) is 1.50. The number of carbonyl (C=O) groups is 1. The number of hydrogen-bond acceptors (Lipinski definition) is 2. The summed E-state index contributed by atoms with van der Waals surface area (Å²) in [6, 6.07) is 0. The Kier molecular flexibility index (Phi) is 7.04. The Labute approximate surface area is 123 Å². The van der Waals surface area contributed by atoms with Crippen molar-refractivity contribution in [3.63, 3.8) is 0 Å². The molecule has 0 aliphatic heterocycles. The number of terminal acetylenes is 1. The standard InChI is InChI=1S/C15H27NO3Si/c1-8-10-13(12-16(11-9-2)14(17)18)19-20(6,7)15(3,4)5/h1,9,13H,2,10-12H2,3-7H3,(H,17,18). The number of amides is 1. The molecule has 0 fully saturated rings. The van der Waals surface area contributed by atoms with Crippen LogP contribution in [0.2, 0.25) is 18.1 Å². The van der Waals surface area contributed by atoms with E-state index in [1.54, 1.807) is 6.08 Å². The minimum Gasteiger partial charge on any atom is -0.465 e. The van der Waals surface area contributed by atoms with Crippen molar-refractivity contribution in [3.8, 4) is 12.3 Å². The van der Waals surface area contributed by atoms with Gasteiger partial charge >= 0.3 is 6.09 Å². The first-order valence-corrected chi connectivity index (χ1v) is 9.66. The maximum atomic E-state index is 11.2. The van der Waals surface area contributed by atoms with Gasteiger partial charge in [-0.1, -0.05) is 26.8 Å². The predicted octanol–water partition coefficient (Wildman–Crippen LogP) is 3.57. The van der Waals surface area contributed by atoms with Crippen LogP contribution in [0, 0.1) is 12.3 Å². The molecule has 1 amide bonds. The SMILES string of the molecule is C#CCC(CN(CC=C)C(=O)O)O[Si](C)(C)C(C)(C)C. The van der Waals surface area contributed by atoms with Gasteiger partial charge in [-0.25, -0.2) is 4.79 Å². The molecular weight excluding hydrogens is 270 g/mol. The number of nitrogens with zero attached hydrogens (tertiary/aromatic N) is 1. The van der Waals surface area contributed by atoms with E-state index in [0.29, 0.717) is 6.42 Å². The summed E-state index contributed by atoms with van der Waals surface area (Å²) in [6.07, 6.45) is 6.11. The van der Waals surface area contributed by atoms with Gasteiger partial charge in [0.1, 0.15) is 0 Å². The molecule has 0 saturated heterocycles. The Bertz CT molecular complexity index is 380. The third kappa shape index (κ3) is 5.80. The van der Waals surface area contributed by atoms with Crippen LogP contribution in [0.15, 0.2) is 12.7 Å². The molecule has 20 heavy (non-hydrogen) atoms. The molecule has 0 radical (unpaired) electrons. The van der Waals surface area contributed by atoms with E-state index >= 15 is 0 Å². The van der Waals surface area contributed by atoms with Gasteiger partial charge in [-0.15, -0.1) is 18.9 Å². The third-order valence-corrected chi connectivity index (χ3v) is 8.19.